The van der Waals surface area contributed by atoms with E-state index in [1.54, 1.807) is 0 Å². The number of nitrogens with one attached hydrogen (secondary N) is 1. The van der Waals surface area contributed by atoms with Crippen LogP contribution in [0.5, 0.6) is 5.75 Å². The zero-order chi connectivity index (χ0) is 19.3. The number of thiazole rings is 1. The average Bonchev–Trinajstić information content (AvgIpc) is 3.18. The van der Waals surface area contributed by atoms with Crippen LogP contribution in [0.25, 0.3) is 10.2 Å². The van der Waals surface area contributed by atoms with Gasteiger partial charge in [0, 0.05) is 18.5 Å². The van der Waals surface area contributed by atoms with E-state index in [9.17, 15) is 4.79 Å². The topological polar surface area (TPSA) is 51.2 Å². The third-order valence-electron chi connectivity index (χ3n) is 5.66. The molecule has 1 aromatic carbocycles. The number of benzene rings is 1. The first-order valence-electron chi connectivity index (χ1n) is 10.4. The summed E-state index contributed by atoms with van der Waals surface area (Å²) in [6.07, 6.45) is 13.1. The molecule has 0 radical (unpaired) electrons. The molecule has 0 spiro atoms. The standard InChI is InChI=1S/C23H28N2O2S/c1-2-27-19-9-6-10-20-21(19)25-23(28-20)22(26)17-11-13-18(14-12-17)24-15-16-7-4-3-5-8-16/h4,6-10,17-18,24H,2-3,5,11-15H2,1H3. The van der Waals surface area contributed by atoms with Gasteiger partial charge in [0.25, 0.3) is 0 Å². The second-order valence-corrected chi connectivity index (χ2v) is 8.64. The van der Waals surface area contributed by atoms with Crippen molar-refractivity contribution < 1.29 is 9.53 Å². The number of ether oxygens (including phenoxy) is 1. The molecule has 2 aromatic rings. The molecule has 1 N–H and O–H groups in total. The summed E-state index contributed by atoms with van der Waals surface area (Å²) in [5, 5.41) is 4.31. The van der Waals surface area contributed by atoms with Crippen LogP contribution in [0.4, 0.5) is 0 Å². The van der Waals surface area contributed by atoms with Gasteiger partial charge in [-0.25, -0.2) is 4.98 Å². The Morgan fingerprint density at radius 3 is 2.86 bits per heavy atom. The number of Topliss-reactive ketones (excluding diaryl/α,β-unsaturated/α-hetero) is 1. The van der Waals surface area contributed by atoms with E-state index in [2.05, 4.69) is 28.5 Å². The van der Waals surface area contributed by atoms with Crippen molar-refractivity contribution in [2.75, 3.05) is 13.2 Å². The number of aromatic nitrogens is 1. The minimum Gasteiger partial charge on any atom is -0.492 e. The lowest BCUT2D eigenvalue weighted by Gasteiger charge is -2.28. The predicted octanol–water partition coefficient (Wildman–Crippen LogP) is 5.30. The minimum absolute atomic E-state index is 0.1000. The molecule has 4 rings (SSSR count). The third-order valence-corrected chi connectivity index (χ3v) is 6.69. The number of ketones is 1. The predicted molar refractivity (Wildman–Crippen MR) is 115 cm³/mol. The normalized spacial score (nSPS) is 22.2. The maximum Gasteiger partial charge on any atom is 0.194 e. The van der Waals surface area contributed by atoms with Crippen molar-refractivity contribution in [3.8, 4) is 5.75 Å². The number of hydrogen-bond acceptors (Lipinski definition) is 5. The number of carbonyl (C=O) groups excluding carboxylic acids is 1. The van der Waals surface area contributed by atoms with Crippen LogP contribution in [0.15, 0.2) is 42.0 Å². The van der Waals surface area contributed by atoms with Crippen LogP contribution < -0.4 is 10.1 Å². The van der Waals surface area contributed by atoms with Crippen LogP contribution in [0, 0.1) is 5.92 Å². The zero-order valence-corrected chi connectivity index (χ0v) is 17.3. The molecule has 148 valence electrons. The largest absolute Gasteiger partial charge is 0.492 e. The Morgan fingerprint density at radius 1 is 1.25 bits per heavy atom. The number of carbonyl (C=O) groups is 1. The molecule has 4 nitrogen and oxygen atoms in total. The molecule has 0 bridgehead atoms. The number of allylic oxidation sites excluding steroid dienone is 2. The SMILES string of the molecule is CCOc1cccc2sc(C(=O)C3CCC(NCC4=CCCC=C4)CC3)nc12. The summed E-state index contributed by atoms with van der Waals surface area (Å²) in [6.45, 7) is 3.51. The van der Waals surface area contributed by atoms with E-state index < -0.39 is 0 Å². The zero-order valence-electron chi connectivity index (χ0n) is 16.4. The minimum atomic E-state index is 0.1000. The highest BCUT2D eigenvalue weighted by atomic mass is 32.1. The van der Waals surface area contributed by atoms with Crippen molar-refractivity contribution in [3.63, 3.8) is 0 Å². The molecule has 5 heteroatoms. The summed E-state index contributed by atoms with van der Waals surface area (Å²) in [4.78, 5) is 17.7. The van der Waals surface area contributed by atoms with E-state index >= 15 is 0 Å². The lowest BCUT2D eigenvalue weighted by molar-refractivity contribution is 0.0880. The Balaban J connectivity index is 1.35. The molecule has 28 heavy (non-hydrogen) atoms. The van der Waals surface area contributed by atoms with Gasteiger partial charge in [-0.15, -0.1) is 11.3 Å². The second kappa shape index (κ2) is 9.01. The highest BCUT2D eigenvalue weighted by molar-refractivity contribution is 7.20. The number of para-hydroxylation sites is 1. The van der Waals surface area contributed by atoms with Crippen molar-refractivity contribution in [2.24, 2.45) is 5.92 Å². The molecule has 1 fully saturated rings. The molecule has 2 aliphatic carbocycles. The summed E-state index contributed by atoms with van der Waals surface area (Å²) in [5.74, 6) is 1.08. The first kappa shape index (κ1) is 19.3. The Bertz CT molecular complexity index is 891. The Labute approximate surface area is 170 Å². The first-order chi connectivity index (χ1) is 13.7. The smallest absolute Gasteiger partial charge is 0.194 e. The van der Waals surface area contributed by atoms with E-state index in [1.807, 2.05) is 25.1 Å². The first-order valence-corrected chi connectivity index (χ1v) is 11.2. The van der Waals surface area contributed by atoms with Crippen molar-refractivity contribution in [1.29, 1.82) is 0 Å². The van der Waals surface area contributed by atoms with Crippen LogP contribution in [0.2, 0.25) is 0 Å². The lowest BCUT2D eigenvalue weighted by Crippen LogP contribution is -2.36. The quantitative estimate of drug-likeness (QED) is 0.645. The third kappa shape index (κ3) is 4.36. The summed E-state index contributed by atoms with van der Waals surface area (Å²) < 4.78 is 6.69. The molecule has 0 aliphatic heterocycles. The van der Waals surface area contributed by atoms with Gasteiger partial charge in [-0.05, 0) is 63.2 Å². The van der Waals surface area contributed by atoms with Crippen molar-refractivity contribution in [2.45, 2.75) is 51.5 Å². The molecule has 0 amide bonds. The lowest BCUT2D eigenvalue weighted by atomic mass is 9.83. The number of rotatable bonds is 7. The van der Waals surface area contributed by atoms with Gasteiger partial charge in [0.2, 0.25) is 0 Å². The fourth-order valence-corrected chi connectivity index (χ4v) is 5.10. The van der Waals surface area contributed by atoms with Gasteiger partial charge in [0.15, 0.2) is 10.8 Å². The Kier molecular flexibility index (Phi) is 6.23. The average molecular weight is 397 g/mol. The van der Waals surface area contributed by atoms with Gasteiger partial charge in [-0.3, -0.25) is 4.79 Å². The molecule has 0 saturated heterocycles. The maximum atomic E-state index is 13.0. The number of hydrogen-bond donors (Lipinski definition) is 1. The summed E-state index contributed by atoms with van der Waals surface area (Å²) in [7, 11) is 0. The van der Waals surface area contributed by atoms with Crippen molar-refractivity contribution >= 4 is 27.3 Å². The second-order valence-electron chi connectivity index (χ2n) is 7.61. The van der Waals surface area contributed by atoms with E-state index in [4.69, 9.17) is 4.74 Å². The van der Waals surface area contributed by atoms with E-state index in [0.717, 1.165) is 61.0 Å². The number of fused-ring (bicyclic) bond motifs is 1. The van der Waals surface area contributed by atoms with Crippen molar-refractivity contribution in [1.82, 2.24) is 10.3 Å². The molecule has 1 saturated carbocycles. The fourth-order valence-electron chi connectivity index (χ4n) is 4.10. The van der Waals surface area contributed by atoms with Gasteiger partial charge < -0.3 is 10.1 Å². The molecule has 1 aromatic heterocycles. The van der Waals surface area contributed by atoms with Crippen LogP contribution >= 0.6 is 11.3 Å². The Morgan fingerprint density at radius 2 is 2.11 bits per heavy atom. The summed E-state index contributed by atoms with van der Waals surface area (Å²) in [5.41, 5.74) is 2.21. The van der Waals surface area contributed by atoms with Crippen LogP contribution in [0.3, 0.4) is 0 Å². The molecule has 2 aliphatic rings. The highest BCUT2D eigenvalue weighted by Gasteiger charge is 2.29. The molecule has 0 unspecified atom stereocenters. The molecule has 0 atom stereocenters. The highest BCUT2D eigenvalue weighted by Crippen LogP contribution is 2.33. The maximum absolute atomic E-state index is 13.0. The summed E-state index contributed by atoms with van der Waals surface area (Å²) >= 11 is 1.50. The van der Waals surface area contributed by atoms with Gasteiger partial charge in [-0.2, -0.15) is 0 Å². The van der Waals surface area contributed by atoms with Gasteiger partial charge in [-0.1, -0.05) is 24.3 Å². The van der Waals surface area contributed by atoms with Gasteiger partial charge in [0.05, 0.1) is 11.3 Å². The molecular weight excluding hydrogens is 368 g/mol. The van der Waals surface area contributed by atoms with Crippen molar-refractivity contribution in [3.05, 3.63) is 47.0 Å². The van der Waals surface area contributed by atoms with Crippen LogP contribution in [0.1, 0.15) is 55.3 Å². The van der Waals surface area contributed by atoms with Gasteiger partial charge in [0.1, 0.15) is 11.3 Å². The molecular formula is C23H28N2O2S. The van der Waals surface area contributed by atoms with E-state index in [-0.39, 0.29) is 11.7 Å². The van der Waals surface area contributed by atoms with Crippen LogP contribution in [-0.4, -0.2) is 30.0 Å². The van der Waals surface area contributed by atoms with Gasteiger partial charge >= 0.3 is 0 Å². The van der Waals surface area contributed by atoms with E-state index in [1.165, 1.54) is 16.9 Å². The molecule has 1 heterocycles. The monoisotopic (exact) mass is 396 g/mol. The number of nitrogens with zero attached hydrogens (tertiary/aromatic N) is 1. The van der Waals surface area contributed by atoms with Crippen LogP contribution in [-0.2, 0) is 0 Å². The fraction of sp³-hybridized carbons (Fsp3) is 0.478. The summed E-state index contributed by atoms with van der Waals surface area (Å²) in [6, 6.07) is 6.42. The Hall–Kier alpha value is -1.98. The van der Waals surface area contributed by atoms with E-state index in [0.29, 0.717) is 17.7 Å².